The third-order valence-electron chi connectivity index (χ3n) is 1.63. The van der Waals surface area contributed by atoms with Crippen molar-refractivity contribution in [1.29, 1.82) is 0 Å². The van der Waals surface area contributed by atoms with Crippen LogP contribution in [0.15, 0.2) is 0 Å². The number of carboxylic acid groups (broad SMARTS) is 2. The van der Waals surface area contributed by atoms with Crippen LogP contribution in [-0.4, -0.2) is 22.2 Å². The highest BCUT2D eigenvalue weighted by Gasteiger charge is 2.41. The molecule has 1 saturated carbocycles. The number of rotatable bonds is 3. The quantitative estimate of drug-likeness (QED) is 0.554. The van der Waals surface area contributed by atoms with Crippen LogP contribution >= 0.6 is 0 Å². The molecule has 1 rings (SSSR count). The van der Waals surface area contributed by atoms with E-state index in [0.717, 1.165) is 12.8 Å². The molecule has 0 aromatic carbocycles. The highest BCUT2D eigenvalue weighted by Crippen LogP contribution is 2.36. The molecule has 0 aromatic rings. The Morgan fingerprint density at radius 1 is 1.20 bits per heavy atom. The Balaban J connectivity index is 2.58. The van der Waals surface area contributed by atoms with Crippen LogP contribution in [0.5, 0.6) is 0 Å². The lowest BCUT2D eigenvalue weighted by Crippen LogP contribution is -2.24. The number of aliphatic carboxylic acids is 2. The Morgan fingerprint density at radius 3 is 1.70 bits per heavy atom. The predicted molar refractivity (Wildman–Crippen MR) is 31.5 cm³/mol. The highest BCUT2D eigenvalue weighted by molar-refractivity contribution is 5.93. The Hall–Kier alpha value is -1.06. The van der Waals surface area contributed by atoms with Crippen molar-refractivity contribution in [1.82, 2.24) is 0 Å². The van der Waals surface area contributed by atoms with Crippen LogP contribution in [0.3, 0.4) is 0 Å². The molecular weight excluding hydrogens is 136 g/mol. The van der Waals surface area contributed by atoms with Gasteiger partial charge in [0.15, 0.2) is 5.92 Å². The van der Waals surface area contributed by atoms with Crippen LogP contribution in [0.2, 0.25) is 0 Å². The van der Waals surface area contributed by atoms with E-state index in [2.05, 4.69) is 0 Å². The van der Waals surface area contributed by atoms with Crippen molar-refractivity contribution < 1.29 is 19.8 Å². The third-order valence-corrected chi connectivity index (χ3v) is 1.63. The zero-order chi connectivity index (χ0) is 7.72. The Bertz CT molecular complexity index is 157. The van der Waals surface area contributed by atoms with Gasteiger partial charge in [0.1, 0.15) is 0 Å². The van der Waals surface area contributed by atoms with Gasteiger partial charge in [-0.25, -0.2) is 0 Å². The van der Waals surface area contributed by atoms with Crippen LogP contribution in [0, 0.1) is 11.8 Å². The van der Waals surface area contributed by atoms with Gasteiger partial charge in [-0.05, 0) is 18.8 Å². The van der Waals surface area contributed by atoms with Crippen molar-refractivity contribution in [2.45, 2.75) is 12.8 Å². The maximum Gasteiger partial charge on any atom is 0.318 e. The first-order chi connectivity index (χ1) is 4.63. The van der Waals surface area contributed by atoms with Gasteiger partial charge in [0, 0.05) is 0 Å². The summed E-state index contributed by atoms with van der Waals surface area (Å²) in [6, 6.07) is 0. The van der Waals surface area contributed by atoms with Crippen LogP contribution in [-0.2, 0) is 9.59 Å². The molecule has 4 nitrogen and oxygen atoms in total. The molecular formula is C6H8O4. The lowest BCUT2D eigenvalue weighted by Gasteiger charge is -2.02. The van der Waals surface area contributed by atoms with Crippen molar-refractivity contribution in [2.75, 3.05) is 0 Å². The molecule has 0 aliphatic heterocycles. The first kappa shape index (κ1) is 7.05. The summed E-state index contributed by atoms with van der Waals surface area (Å²) < 4.78 is 0. The molecule has 0 saturated heterocycles. The summed E-state index contributed by atoms with van der Waals surface area (Å²) in [5, 5.41) is 16.7. The van der Waals surface area contributed by atoms with E-state index in [4.69, 9.17) is 10.2 Å². The summed E-state index contributed by atoms with van der Waals surface area (Å²) in [5.41, 5.74) is 0. The summed E-state index contributed by atoms with van der Waals surface area (Å²) in [6.45, 7) is 0. The average Bonchev–Trinajstić information content (AvgIpc) is 2.46. The van der Waals surface area contributed by atoms with Gasteiger partial charge < -0.3 is 10.2 Å². The molecule has 0 heterocycles. The zero-order valence-electron chi connectivity index (χ0n) is 5.28. The number of hydrogen-bond acceptors (Lipinski definition) is 2. The molecule has 1 aliphatic carbocycles. The second-order valence-electron chi connectivity index (χ2n) is 2.49. The van der Waals surface area contributed by atoms with Gasteiger partial charge >= 0.3 is 11.9 Å². The number of hydrogen-bond donors (Lipinski definition) is 2. The number of carbonyl (C=O) groups is 2. The topological polar surface area (TPSA) is 74.6 Å². The molecule has 0 unspecified atom stereocenters. The van der Waals surface area contributed by atoms with Gasteiger partial charge in [-0.1, -0.05) is 0 Å². The molecule has 4 heteroatoms. The van der Waals surface area contributed by atoms with Crippen molar-refractivity contribution in [2.24, 2.45) is 11.8 Å². The molecule has 0 atom stereocenters. The first-order valence-electron chi connectivity index (χ1n) is 3.08. The Morgan fingerprint density at radius 2 is 1.60 bits per heavy atom. The fourth-order valence-electron chi connectivity index (χ4n) is 0.938. The van der Waals surface area contributed by atoms with E-state index in [1.807, 2.05) is 0 Å². The maximum atomic E-state index is 10.2. The third kappa shape index (κ3) is 1.26. The van der Waals surface area contributed by atoms with Crippen molar-refractivity contribution in [3.63, 3.8) is 0 Å². The summed E-state index contributed by atoms with van der Waals surface area (Å²) in [5.74, 6) is -3.71. The molecule has 10 heavy (non-hydrogen) atoms. The zero-order valence-corrected chi connectivity index (χ0v) is 5.28. The summed E-state index contributed by atoms with van der Waals surface area (Å²) in [4.78, 5) is 20.5. The maximum absolute atomic E-state index is 10.2. The Labute approximate surface area is 57.5 Å². The highest BCUT2D eigenvalue weighted by atomic mass is 16.4. The SMILES string of the molecule is O=C(O)C(C(=O)O)C1CC1. The fourth-order valence-corrected chi connectivity index (χ4v) is 0.938. The van der Waals surface area contributed by atoms with Crippen LogP contribution < -0.4 is 0 Å². The summed E-state index contributed by atoms with van der Waals surface area (Å²) in [7, 11) is 0. The lowest BCUT2D eigenvalue weighted by atomic mass is 10.1. The van der Waals surface area contributed by atoms with Crippen LogP contribution in [0.1, 0.15) is 12.8 Å². The molecule has 56 valence electrons. The summed E-state index contributed by atoms with van der Waals surface area (Å²) >= 11 is 0. The molecule has 0 bridgehead atoms. The smallest absolute Gasteiger partial charge is 0.318 e. The fraction of sp³-hybridized carbons (Fsp3) is 0.667. The van der Waals surface area contributed by atoms with E-state index in [9.17, 15) is 9.59 Å². The van der Waals surface area contributed by atoms with E-state index >= 15 is 0 Å². The minimum atomic E-state index is -1.21. The first-order valence-corrected chi connectivity index (χ1v) is 3.08. The van der Waals surface area contributed by atoms with Gasteiger partial charge in [-0.2, -0.15) is 0 Å². The molecule has 0 amide bonds. The van der Waals surface area contributed by atoms with E-state index in [1.165, 1.54) is 0 Å². The van der Waals surface area contributed by atoms with Crippen molar-refractivity contribution in [3.05, 3.63) is 0 Å². The van der Waals surface area contributed by atoms with Gasteiger partial charge in [0.25, 0.3) is 0 Å². The van der Waals surface area contributed by atoms with Gasteiger partial charge in [0.2, 0.25) is 0 Å². The van der Waals surface area contributed by atoms with Crippen molar-refractivity contribution in [3.8, 4) is 0 Å². The molecule has 2 N–H and O–H groups in total. The molecule has 1 aliphatic rings. The van der Waals surface area contributed by atoms with Crippen molar-refractivity contribution >= 4 is 11.9 Å². The standard InChI is InChI=1S/C6H8O4/c7-5(8)4(6(9)10)3-1-2-3/h3-4H,1-2H2,(H,7,8)(H,9,10). The van der Waals surface area contributed by atoms with Crippen LogP contribution in [0.4, 0.5) is 0 Å². The number of carboxylic acids is 2. The largest absolute Gasteiger partial charge is 0.481 e. The molecule has 0 aromatic heterocycles. The second kappa shape index (κ2) is 2.28. The van der Waals surface area contributed by atoms with Gasteiger partial charge in [0.05, 0.1) is 0 Å². The van der Waals surface area contributed by atoms with Crippen LogP contribution in [0.25, 0.3) is 0 Å². The van der Waals surface area contributed by atoms with E-state index in [1.54, 1.807) is 0 Å². The molecule has 0 radical (unpaired) electrons. The van der Waals surface area contributed by atoms with E-state index < -0.39 is 17.9 Å². The minimum absolute atomic E-state index is 0.116. The minimum Gasteiger partial charge on any atom is -0.481 e. The lowest BCUT2D eigenvalue weighted by molar-refractivity contribution is -0.155. The average molecular weight is 144 g/mol. The Kier molecular flexibility index (Phi) is 1.61. The second-order valence-corrected chi connectivity index (χ2v) is 2.49. The predicted octanol–water partition coefficient (Wildman–Crippen LogP) is 0.182. The van der Waals surface area contributed by atoms with E-state index in [-0.39, 0.29) is 5.92 Å². The monoisotopic (exact) mass is 144 g/mol. The normalized spacial score (nSPS) is 17.3. The van der Waals surface area contributed by atoms with Gasteiger partial charge in [-0.15, -0.1) is 0 Å². The summed E-state index contributed by atoms with van der Waals surface area (Å²) in [6.07, 6.45) is 1.48. The van der Waals surface area contributed by atoms with Gasteiger partial charge in [-0.3, -0.25) is 9.59 Å². The molecule has 0 spiro atoms. The molecule has 1 fully saturated rings. The van der Waals surface area contributed by atoms with E-state index in [0.29, 0.717) is 0 Å².